The van der Waals surface area contributed by atoms with Crippen LogP contribution in [0.15, 0.2) is 22.7 Å². The number of carbonyl (C=O) groups is 1. The first kappa shape index (κ1) is 10.0. The molecule has 1 aromatic heterocycles. The Labute approximate surface area is 94.0 Å². The van der Waals surface area contributed by atoms with E-state index in [9.17, 15) is 4.79 Å². The average Bonchev–Trinajstić information content (AvgIpc) is 2.63. The van der Waals surface area contributed by atoms with Crippen molar-refractivity contribution in [3.8, 4) is 5.75 Å². The number of fused-ring (bicyclic) bond motifs is 1. The van der Waals surface area contributed by atoms with E-state index in [1.165, 1.54) is 0 Å². The average molecular weight is 270 g/mol. The van der Waals surface area contributed by atoms with Crippen molar-refractivity contribution in [3.63, 3.8) is 0 Å². The number of H-pyrrole nitrogens is 1. The molecule has 1 heterocycles. The Morgan fingerprint density at radius 1 is 1.53 bits per heavy atom. The van der Waals surface area contributed by atoms with E-state index in [2.05, 4.69) is 20.9 Å². The first-order valence-corrected chi connectivity index (χ1v) is 5.01. The van der Waals surface area contributed by atoms with Crippen molar-refractivity contribution in [1.29, 1.82) is 0 Å². The van der Waals surface area contributed by atoms with E-state index in [4.69, 9.17) is 9.84 Å². The number of carboxylic acids is 1. The van der Waals surface area contributed by atoms with Crippen molar-refractivity contribution in [2.45, 2.75) is 0 Å². The normalized spacial score (nSPS) is 10.5. The molecule has 15 heavy (non-hydrogen) atoms. The third kappa shape index (κ3) is 1.59. The molecule has 0 amide bonds. The molecule has 2 aromatic rings. The highest BCUT2D eigenvalue weighted by atomic mass is 79.9. The standard InChI is InChI=1S/C10H8BrNO3/c1-15-8-3-2-6-5(9(8)11)4-7(12-6)10(13)14/h2-4,12H,1H3,(H,13,14). The molecule has 4 nitrogen and oxygen atoms in total. The van der Waals surface area contributed by atoms with Gasteiger partial charge in [0.1, 0.15) is 11.4 Å². The summed E-state index contributed by atoms with van der Waals surface area (Å²) in [5.74, 6) is -0.296. The summed E-state index contributed by atoms with van der Waals surface area (Å²) in [5.41, 5.74) is 0.930. The number of ether oxygens (including phenoxy) is 1. The summed E-state index contributed by atoms with van der Waals surface area (Å²) in [6.45, 7) is 0. The maximum absolute atomic E-state index is 10.8. The van der Waals surface area contributed by atoms with E-state index in [-0.39, 0.29) is 5.69 Å². The molecule has 0 aliphatic carbocycles. The topological polar surface area (TPSA) is 62.3 Å². The molecule has 0 fully saturated rings. The Morgan fingerprint density at radius 2 is 2.27 bits per heavy atom. The molecule has 0 spiro atoms. The molecule has 2 N–H and O–H groups in total. The highest BCUT2D eigenvalue weighted by Gasteiger charge is 2.11. The molecule has 0 saturated heterocycles. The van der Waals surface area contributed by atoms with Crippen molar-refractivity contribution < 1.29 is 14.6 Å². The summed E-state index contributed by atoms with van der Waals surface area (Å²) in [6.07, 6.45) is 0. The minimum absolute atomic E-state index is 0.166. The van der Waals surface area contributed by atoms with Crippen LogP contribution in [0.4, 0.5) is 0 Å². The quantitative estimate of drug-likeness (QED) is 0.881. The van der Waals surface area contributed by atoms with Gasteiger partial charge in [0.15, 0.2) is 0 Å². The van der Waals surface area contributed by atoms with Crippen molar-refractivity contribution >= 4 is 32.8 Å². The van der Waals surface area contributed by atoms with Crippen LogP contribution in [0, 0.1) is 0 Å². The Morgan fingerprint density at radius 3 is 2.87 bits per heavy atom. The molecule has 5 heteroatoms. The first-order valence-electron chi connectivity index (χ1n) is 4.22. The summed E-state index contributed by atoms with van der Waals surface area (Å²) >= 11 is 3.37. The summed E-state index contributed by atoms with van der Waals surface area (Å²) < 4.78 is 5.87. The van der Waals surface area contributed by atoms with Gasteiger partial charge < -0.3 is 14.8 Å². The Bertz CT molecular complexity index is 533. The Balaban J connectivity index is 2.71. The highest BCUT2D eigenvalue weighted by molar-refractivity contribution is 9.10. The van der Waals surface area contributed by atoms with Gasteiger partial charge in [-0.15, -0.1) is 0 Å². The lowest BCUT2D eigenvalue weighted by Crippen LogP contribution is -1.94. The largest absolute Gasteiger partial charge is 0.496 e. The van der Waals surface area contributed by atoms with Crippen LogP contribution in [-0.4, -0.2) is 23.2 Å². The van der Waals surface area contributed by atoms with Gasteiger partial charge in [0, 0.05) is 10.9 Å². The number of halogens is 1. The predicted molar refractivity (Wildman–Crippen MR) is 59.5 cm³/mol. The monoisotopic (exact) mass is 269 g/mol. The second-order valence-electron chi connectivity index (χ2n) is 3.03. The van der Waals surface area contributed by atoms with Crippen LogP contribution < -0.4 is 4.74 Å². The third-order valence-electron chi connectivity index (χ3n) is 2.15. The zero-order valence-electron chi connectivity index (χ0n) is 7.87. The molecule has 2 rings (SSSR count). The van der Waals surface area contributed by atoms with Gasteiger partial charge in [-0.05, 0) is 34.1 Å². The predicted octanol–water partition coefficient (Wildman–Crippen LogP) is 2.64. The number of methoxy groups -OCH3 is 1. The van der Waals surface area contributed by atoms with E-state index >= 15 is 0 Å². The minimum atomic E-state index is -0.975. The van der Waals surface area contributed by atoms with Crippen LogP contribution in [0.2, 0.25) is 0 Å². The number of hydrogen-bond acceptors (Lipinski definition) is 2. The van der Waals surface area contributed by atoms with Crippen LogP contribution in [-0.2, 0) is 0 Å². The Kier molecular flexibility index (Phi) is 2.40. The third-order valence-corrected chi connectivity index (χ3v) is 2.97. The lowest BCUT2D eigenvalue weighted by Gasteiger charge is -2.02. The van der Waals surface area contributed by atoms with Gasteiger partial charge in [-0.3, -0.25) is 0 Å². The van der Waals surface area contributed by atoms with Crippen LogP contribution >= 0.6 is 15.9 Å². The van der Waals surface area contributed by atoms with Crippen molar-refractivity contribution in [1.82, 2.24) is 4.98 Å². The number of aromatic amines is 1. The van der Waals surface area contributed by atoms with Gasteiger partial charge in [0.2, 0.25) is 0 Å². The van der Waals surface area contributed by atoms with Gasteiger partial charge in [-0.2, -0.15) is 0 Å². The fourth-order valence-corrected chi connectivity index (χ4v) is 2.04. The van der Waals surface area contributed by atoms with Crippen LogP contribution in [0.5, 0.6) is 5.75 Å². The molecule has 0 aliphatic heterocycles. The molecule has 0 atom stereocenters. The summed E-state index contributed by atoms with van der Waals surface area (Å²) in [5, 5.41) is 9.62. The van der Waals surface area contributed by atoms with Crippen LogP contribution in [0.3, 0.4) is 0 Å². The van der Waals surface area contributed by atoms with E-state index < -0.39 is 5.97 Å². The number of nitrogens with one attached hydrogen (secondary N) is 1. The number of carboxylic acid groups (broad SMARTS) is 1. The van der Waals surface area contributed by atoms with Gasteiger partial charge in [-0.25, -0.2) is 4.79 Å². The first-order chi connectivity index (χ1) is 7.13. The molecule has 0 unspecified atom stereocenters. The van der Waals surface area contributed by atoms with Crippen molar-refractivity contribution in [3.05, 3.63) is 28.4 Å². The highest BCUT2D eigenvalue weighted by Crippen LogP contribution is 2.33. The number of aromatic nitrogens is 1. The second kappa shape index (κ2) is 3.58. The number of hydrogen-bond donors (Lipinski definition) is 2. The summed E-state index contributed by atoms with van der Waals surface area (Å²) in [6, 6.07) is 5.13. The molecule has 0 aliphatic rings. The smallest absolute Gasteiger partial charge is 0.352 e. The van der Waals surface area contributed by atoms with Crippen molar-refractivity contribution in [2.24, 2.45) is 0 Å². The zero-order valence-corrected chi connectivity index (χ0v) is 9.46. The van der Waals surface area contributed by atoms with Gasteiger partial charge in [-0.1, -0.05) is 0 Å². The van der Waals surface area contributed by atoms with Crippen LogP contribution in [0.1, 0.15) is 10.5 Å². The lowest BCUT2D eigenvalue weighted by atomic mass is 10.2. The summed E-state index contributed by atoms with van der Waals surface area (Å²) in [4.78, 5) is 13.6. The van der Waals surface area contributed by atoms with E-state index in [0.717, 1.165) is 15.4 Å². The fourth-order valence-electron chi connectivity index (χ4n) is 1.42. The van der Waals surface area contributed by atoms with E-state index in [1.807, 2.05) is 0 Å². The molecule has 1 aromatic carbocycles. The number of benzene rings is 1. The molecule has 0 bridgehead atoms. The molecular weight excluding hydrogens is 262 g/mol. The van der Waals surface area contributed by atoms with E-state index in [1.54, 1.807) is 25.3 Å². The molecule has 0 saturated carbocycles. The van der Waals surface area contributed by atoms with Gasteiger partial charge in [0.05, 0.1) is 11.6 Å². The Hall–Kier alpha value is -1.49. The molecule has 78 valence electrons. The molecule has 0 radical (unpaired) electrons. The second-order valence-corrected chi connectivity index (χ2v) is 3.82. The van der Waals surface area contributed by atoms with Gasteiger partial charge in [0.25, 0.3) is 0 Å². The summed E-state index contributed by atoms with van der Waals surface area (Å²) in [7, 11) is 1.57. The van der Waals surface area contributed by atoms with E-state index in [0.29, 0.717) is 5.75 Å². The SMILES string of the molecule is COc1ccc2[nH]c(C(=O)O)cc2c1Br. The van der Waals surface area contributed by atoms with Gasteiger partial charge >= 0.3 is 5.97 Å². The number of aromatic carboxylic acids is 1. The minimum Gasteiger partial charge on any atom is -0.496 e. The lowest BCUT2D eigenvalue weighted by molar-refractivity contribution is 0.0691. The fraction of sp³-hybridized carbons (Fsp3) is 0.100. The van der Waals surface area contributed by atoms with Crippen molar-refractivity contribution in [2.75, 3.05) is 7.11 Å². The number of rotatable bonds is 2. The molecular formula is C10H8BrNO3. The maximum atomic E-state index is 10.8. The zero-order chi connectivity index (χ0) is 11.0. The van der Waals surface area contributed by atoms with Crippen LogP contribution in [0.25, 0.3) is 10.9 Å². The maximum Gasteiger partial charge on any atom is 0.352 e.